The maximum Gasteiger partial charge on any atom is 0.330 e. The second-order valence-corrected chi connectivity index (χ2v) is 10.6. The third-order valence-corrected chi connectivity index (χ3v) is 9.12. The molecule has 0 unspecified atom stereocenters. The van der Waals surface area contributed by atoms with Gasteiger partial charge in [-0.2, -0.15) is 0 Å². The van der Waals surface area contributed by atoms with E-state index in [0.29, 0.717) is 17.8 Å². The zero-order valence-corrected chi connectivity index (χ0v) is 19.6. The SMILES string of the molecule is C/C=C/C(=O)O[C@H]1CC[C@@]2(C)C(=CC[C@H]3[C@@H]4CC[C@H](OC(=O)/C=C/C)[C@@]4(C)CC[C@@H]32)C1. The van der Waals surface area contributed by atoms with Crippen LogP contribution < -0.4 is 0 Å². The smallest absolute Gasteiger partial charge is 0.330 e. The minimum absolute atomic E-state index is 0.00956. The van der Waals surface area contributed by atoms with Crippen molar-refractivity contribution in [3.05, 3.63) is 36.0 Å². The average molecular weight is 427 g/mol. The van der Waals surface area contributed by atoms with Crippen molar-refractivity contribution in [3.8, 4) is 0 Å². The third kappa shape index (κ3) is 3.91. The van der Waals surface area contributed by atoms with Crippen molar-refractivity contribution in [2.24, 2.45) is 28.6 Å². The van der Waals surface area contributed by atoms with E-state index in [4.69, 9.17) is 9.47 Å². The fourth-order valence-electron chi connectivity index (χ4n) is 7.53. The van der Waals surface area contributed by atoms with E-state index in [-0.39, 0.29) is 35.0 Å². The van der Waals surface area contributed by atoms with Crippen LogP contribution in [0.15, 0.2) is 36.0 Å². The summed E-state index contributed by atoms with van der Waals surface area (Å²) in [4.78, 5) is 24.0. The predicted octanol–water partition coefficient (Wildman–Crippen LogP) is 5.93. The van der Waals surface area contributed by atoms with Crippen LogP contribution in [0.25, 0.3) is 0 Å². The Morgan fingerprint density at radius 2 is 1.65 bits per heavy atom. The normalized spacial score (nSPS) is 41.9. The molecule has 170 valence electrons. The number of ether oxygens (including phenoxy) is 2. The van der Waals surface area contributed by atoms with E-state index in [1.54, 1.807) is 18.2 Å². The molecular weight excluding hydrogens is 388 g/mol. The summed E-state index contributed by atoms with van der Waals surface area (Å²) < 4.78 is 11.6. The van der Waals surface area contributed by atoms with Crippen molar-refractivity contribution in [2.45, 2.75) is 91.3 Å². The number of esters is 2. The van der Waals surface area contributed by atoms with Crippen LogP contribution in [-0.4, -0.2) is 24.1 Å². The van der Waals surface area contributed by atoms with Gasteiger partial charge in [0.15, 0.2) is 0 Å². The number of hydrogen-bond acceptors (Lipinski definition) is 4. The standard InChI is InChI=1S/C27H38O4/c1-5-7-24(28)30-19-13-15-26(3)18(17-19)9-10-20-21-11-12-23(31-25(29)8-6-2)27(21,4)16-14-22(20)26/h5-9,19-23H,10-17H2,1-4H3/b7-5+,8-6+/t19-,20-,21-,22-,23-,26-,27-/m0/s1. The molecule has 4 heteroatoms. The van der Waals surface area contributed by atoms with E-state index in [0.717, 1.165) is 44.9 Å². The van der Waals surface area contributed by atoms with Gasteiger partial charge in [0.1, 0.15) is 12.2 Å². The second-order valence-electron chi connectivity index (χ2n) is 10.6. The molecular formula is C27H38O4. The minimum Gasteiger partial charge on any atom is -0.459 e. The fraction of sp³-hybridized carbons (Fsp3) is 0.704. The summed E-state index contributed by atoms with van der Waals surface area (Å²) in [6.45, 7) is 8.53. The average Bonchev–Trinajstić information content (AvgIpc) is 3.05. The van der Waals surface area contributed by atoms with Crippen molar-refractivity contribution < 1.29 is 19.1 Å². The molecule has 0 aromatic rings. The Balaban J connectivity index is 1.49. The number of allylic oxidation sites excluding steroid dienone is 3. The van der Waals surface area contributed by atoms with Crippen molar-refractivity contribution >= 4 is 11.9 Å². The first-order valence-electron chi connectivity index (χ1n) is 12.2. The minimum atomic E-state index is -0.219. The first kappa shape index (κ1) is 22.4. The highest BCUT2D eigenvalue weighted by molar-refractivity contribution is 5.82. The maximum absolute atomic E-state index is 12.1. The van der Waals surface area contributed by atoms with Crippen LogP contribution in [0.3, 0.4) is 0 Å². The van der Waals surface area contributed by atoms with Gasteiger partial charge < -0.3 is 9.47 Å². The Hall–Kier alpha value is -1.84. The highest BCUT2D eigenvalue weighted by atomic mass is 16.5. The largest absolute Gasteiger partial charge is 0.459 e. The van der Waals surface area contributed by atoms with Crippen LogP contribution in [0, 0.1) is 28.6 Å². The summed E-state index contributed by atoms with van der Waals surface area (Å²) in [5, 5.41) is 0. The van der Waals surface area contributed by atoms with Gasteiger partial charge in [-0.15, -0.1) is 0 Å². The number of rotatable bonds is 4. The Morgan fingerprint density at radius 1 is 0.935 bits per heavy atom. The Bertz CT molecular complexity index is 808. The van der Waals surface area contributed by atoms with Crippen LogP contribution >= 0.6 is 0 Å². The first-order chi connectivity index (χ1) is 14.8. The predicted molar refractivity (Wildman–Crippen MR) is 121 cm³/mol. The Kier molecular flexibility index (Phi) is 6.20. The van der Waals surface area contributed by atoms with Gasteiger partial charge in [-0.05, 0) is 82.0 Å². The van der Waals surface area contributed by atoms with Crippen LogP contribution in [0.5, 0.6) is 0 Å². The monoisotopic (exact) mass is 426 g/mol. The zero-order valence-electron chi connectivity index (χ0n) is 19.6. The molecule has 3 saturated carbocycles. The zero-order chi connectivity index (χ0) is 22.2. The van der Waals surface area contributed by atoms with Crippen LogP contribution in [0.1, 0.15) is 79.1 Å². The molecule has 0 N–H and O–H groups in total. The molecule has 4 nitrogen and oxygen atoms in total. The van der Waals surface area contributed by atoms with Crippen molar-refractivity contribution in [2.75, 3.05) is 0 Å². The molecule has 0 amide bonds. The molecule has 4 rings (SSSR count). The highest BCUT2D eigenvalue weighted by Crippen LogP contribution is 2.65. The molecule has 4 aliphatic carbocycles. The summed E-state index contributed by atoms with van der Waals surface area (Å²) in [5.74, 6) is 1.56. The Labute approximate surface area is 187 Å². The van der Waals surface area contributed by atoms with Gasteiger partial charge >= 0.3 is 11.9 Å². The van der Waals surface area contributed by atoms with E-state index in [2.05, 4.69) is 19.9 Å². The van der Waals surface area contributed by atoms with E-state index in [1.165, 1.54) is 18.1 Å². The van der Waals surface area contributed by atoms with Gasteiger partial charge in [-0.3, -0.25) is 0 Å². The summed E-state index contributed by atoms with van der Waals surface area (Å²) >= 11 is 0. The molecule has 0 aliphatic heterocycles. The lowest BCUT2D eigenvalue weighted by atomic mass is 9.48. The summed E-state index contributed by atoms with van der Waals surface area (Å²) in [6, 6.07) is 0. The van der Waals surface area contributed by atoms with Gasteiger partial charge in [0.05, 0.1) is 0 Å². The maximum atomic E-state index is 12.1. The molecule has 0 saturated heterocycles. The number of carbonyl (C=O) groups is 2. The number of carbonyl (C=O) groups excluding carboxylic acids is 2. The van der Waals surface area contributed by atoms with Crippen molar-refractivity contribution in [1.82, 2.24) is 0 Å². The molecule has 4 aliphatic rings. The third-order valence-electron chi connectivity index (χ3n) is 9.12. The van der Waals surface area contributed by atoms with Gasteiger partial charge in [-0.1, -0.05) is 37.6 Å². The van der Waals surface area contributed by atoms with Gasteiger partial charge in [0, 0.05) is 24.0 Å². The van der Waals surface area contributed by atoms with Gasteiger partial charge in [0.2, 0.25) is 0 Å². The molecule has 0 heterocycles. The van der Waals surface area contributed by atoms with Crippen LogP contribution in [-0.2, 0) is 19.1 Å². The molecule has 0 radical (unpaired) electrons. The molecule has 0 bridgehead atoms. The second kappa shape index (κ2) is 8.60. The number of hydrogen-bond donors (Lipinski definition) is 0. The van der Waals surface area contributed by atoms with Crippen molar-refractivity contribution in [3.63, 3.8) is 0 Å². The summed E-state index contributed by atoms with van der Waals surface area (Å²) in [6.07, 6.45) is 17.6. The Morgan fingerprint density at radius 3 is 2.35 bits per heavy atom. The van der Waals surface area contributed by atoms with Crippen molar-refractivity contribution in [1.29, 1.82) is 0 Å². The highest BCUT2D eigenvalue weighted by Gasteiger charge is 2.59. The van der Waals surface area contributed by atoms with E-state index >= 15 is 0 Å². The number of fused-ring (bicyclic) bond motifs is 5. The van der Waals surface area contributed by atoms with E-state index in [1.807, 2.05) is 13.8 Å². The van der Waals surface area contributed by atoms with E-state index in [9.17, 15) is 9.59 Å². The lowest BCUT2D eigenvalue weighted by Crippen LogP contribution is -2.51. The quantitative estimate of drug-likeness (QED) is 0.318. The first-order valence-corrected chi connectivity index (χ1v) is 12.2. The molecule has 0 spiro atoms. The molecule has 31 heavy (non-hydrogen) atoms. The summed E-state index contributed by atoms with van der Waals surface area (Å²) in [5.41, 5.74) is 1.82. The fourth-order valence-corrected chi connectivity index (χ4v) is 7.53. The summed E-state index contributed by atoms with van der Waals surface area (Å²) in [7, 11) is 0. The van der Waals surface area contributed by atoms with Crippen LogP contribution in [0.4, 0.5) is 0 Å². The lowest BCUT2D eigenvalue weighted by Gasteiger charge is -2.57. The molecule has 7 atom stereocenters. The molecule has 0 aromatic carbocycles. The topological polar surface area (TPSA) is 52.6 Å². The van der Waals surface area contributed by atoms with Gasteiger partial charge in [-0.25, -0.2) is 9.59 Å². The van der Waals surface area contributed by atoms with Gasteiger partial charge in [0.25, 0.3) is 0 Å². The lowest BCUT2D eigenvalue weighted by molar-refractivity contribution is -0.153. The molecule has 0 aromatic heterocycles. The molecule has 3 fully saturated rings. The van der Waals surface area contributed by atoms with Crippen LogP contribution in [0.2, 0.25) is 0 Å². The van der Waals surface area contributed by atoms with E-state index < -0.39 is 0 Å².